The highest BCUT2D eigenvalue weighted by atomic mass is 15.4. The first-order valence-electron chi connectivity index (χ1n) is 3.36. The molecule has 0 fully saturated rings. The van der Waals surface area contributed by atoms with E-state index >= 15 is 0 Å². The maximum atomic E-state index is 3.94. The van der Waals surface area contributed by atoms with Gasteiger partial charge in [0, 0.05) is 13.2 Å². The van der Waals surface area contributed by atoms with Crippen molar-refractivity contribution in [3.63, 3.8) is 0 Å². The third-order valence-corrected chi connectivity index (χ3v) is 1.48. The van der Waals surface area contributed by atoms with E-state index in [9.17, 15) is 0 Å². The number of hydrogen-bond acceptors (Lipinski definition) is 2. The molecule has 0 bridgehead atoms. The Balaban J connectivity index is 2.45. The van der Waals surface area contributed by atoms with E-state index < -0.39 is 0 Å². The molecule has 56 valence electrons. The molecule has 4 heteroatoms. The van der Waals surface area contributed by atoms with Gasteiger partial charge in [-0.2, -0.15) is 0 Å². The van der Waals surface area contributed by atoms with E-state index in [4.69, 9.17) is 0 Å². The SMILES string of the molecule is Cn1cc(-c2ccc[nH]2)nn1. The van der Waals surface area contributed by atoms with Gasteiger partial charge in [-0.1, -0.05) is 5.21 Å². The molecule has 0 saturated carbocycles. The number of hydrogen-bond donors (Lipinski definition) is 1. The fourth-order valence-electron chi connectivity index (χ4n) is 0.960. The lowest BCUT2D eigenvalue weighted by atomic mass is 10.3. The maximum absolute atomic E-state index is 3.94. The first-order valence-corrected chi connectivity index (χ1v) is 3.36. The minimum Gasteiger partial charge on any atom is -0.360 e. The second-order valence-corrected chi connectivity index (χ2v) is 2.36. The molecule has 0 aliphatic carbocycles. The van der Waals surface area contributed by atoms with Gasteiger partial charge in [-0.3, -0.25) is 4.68 Å². The Morgan fingerprint density at radius 1 is 1.55 bits per heavy atom. The summed E-state index contributed by atoms with van der Waals surface area (Å²) in [4.78, 5) is 3.05. The van der Waals surface area contributed by atoms with Crippen LogP contribution in [0.15, 0.2) is 24.5 Å². The number of nitrogens with one attached hydrogen (secondary N) is 1. The van der Waals surface area contributed by atoms with Gasteiger partial charge in [0.25, 0.3) is 0 Å². The second-order valence-electron chi connectivity index (χ2n) is 2.36. The van der Waals surface area contributed by atoms with Crippen LogP contribution in [-0.4, -0.2) is 20.0 Å². The Morgan fingerprint density at radius 3 is 3.00 bits per heavy atom. The minimum atomic E-state index is 0.873. The summed E-state index contributed by atoms with van der Waals surface area (Å²) in [6.07, 6.45) is 3.73. The molecule has 2 rings (SSSR count). The lowest BCUT2D eigenvalue weighted by Gasteiger charge is -1.85. The number of aromatic nitrogens is 4. The summed E-state index contributed by atoms with van der Waals surface area (Å²) in [5, 5.41) is 7.76. The molecule has 0 aliphatic heterocycles. The first kappa shape index (κ1) is 6.15. The van der Waals surface area contributed by atoms with Crippen LogP contribution in [0.5, 0.6) is 0 Å². The van der Waals surface area contributed by atoms with Crippen molar-refractivity contribution in [2.45, 2.75) is 0 Å². The quantitative estimate of drug-likeness (QED) is 0.650. The Kier molecular flexibility index (Phi) is 1.25. The summed E-state index contributed by atoms with van der Waals surface area (Å²) >= 11 is 0. The van der Waals surface area contributed by atoms with Crippen LogP contribution in [0.2, 0.25) is 0 Å². The summed E-state index contributed by atoms with van der Waals surface area (Å²) in [6.45, 7) is 0. The normalized spacial score (nSPS) is 10.3. The van der Waals surface area contributed by atoms with E-state index in [1.165, 1.54) is 0 Å². The zero-order valence-electron chi connectivity index (χ0n) is 6.15. The van der Waals surface area contributed by atoms with Crippen molar-refractivity contribution in [2.75, 3.05) is 0 Å². The number of nitrogens with zero attached hydrogens (tertiary/aromatic N) is 3. The molecule has 2 aromatic rings. The van der Waals surface area contributed by atoms with Crippen LogP contribution in [0.4, 0.5) is 0 Å². The van der Waals surface area contributed by atoms with Crippen LogP contribution in [0.1, 0.15) is 0 Å². The molecular weight excluding hydrogens is 140 g/mol. The van der Waals surface area contributed by atoms with Crippen molar-refractivity contribution in [3.05, 3.63) is 24.5 Å². The lowest BCUT2D eigenvalue weighted by molar-refractivity contribution is 0.715. The molecule has 2 aromatic heterocycles. The van der Waals surface area contributed by atoms with Crippen LogP contribution < -0.4 is 0 Å². The fourth-order valence-corrected chi connectivity index (χ4v) is 0.960. The predicted molar refractivity (Wildman–Crippen MR) is 40.8 cm³/mol. The summed E-state index contributed by atoms with van der Waals surface area (Å²) in [7, 11) is 1.85. The van der Waals surface area contributed by atoms with Crippen molar-refractivity contribution in [2.24, 2.45) is 7.05 Å². The standard InChI is InChI=1S/C7H8N4/c1-11-5-7(9-10-11)6-3-2-4-8-6/h2-5,8H,1H3. The molecule has 2 heterocycles. The summed E-state index contributed by atoms with van der Waals surface area (Å²) in [6, 6.07) is 3.90. The molecule has 0 unspecified atom stereocenters. The van der Waals surface area contributed by atoms with Gasteiger partial charge in [-0.25, -0.2) is 0 Å². The average molecular weight is 148 g/mol. The predicted octanol–water partition coefficient (Wildman–Crippen LogP) is 0.810. The van der Waals surface area contributed by atoms with Crippen molar-refractivity contribution in [1.29, 1.82) is 0 Å². The molecular formula is C7H8N4. The smallest absolute Gasteiger partial charge is 0.129 e. The molecule has 0 spiro atoms. The molecule has 1 N–H and O–H groups in total. The average Bonchev–Trinajstić information content (AvgIpc) is 2.55. The van der Waals surface area contributed by atoms with Crippen molar-refractivity contribution in [1.82, 2.24) is 20.0 Å². The fraction of sp³-hybridized carbons (Fsp3) is 0.143. The molecule has 0 amide bonds. The zero-order chi connectivity index (χ0) is 7.68. The molecule has 11 heavy (non-hydrogen) atoms. The van der Waals surface area contributed by atoms with Crippen molar-refractivity contribution in [3.8, 4) is 11.4 Å². The van der Waals surface area contributed by atoms with Crippen molar-refractivity contribution >= 4 is 0 Å². The highest BCUT2D eigenvalue weighted by Crippen LogP contribution is 2.11. The van der Waals surface area contributed by atoms with Crippen LogP contribution in [0.25, 0.3) is 11.4 Å². The molecule has 4 nitrogen and oxygen atoms in total. The summed E-state index contributed by atoms with van der Waals surface area (Å²) < 4.78 is 1.68. The third-order valence-electron chi connectivity index (χ3n) is 1.48. The molecule has 0 aliphatic rings. The number of rotatable bonds is 1. The largest absolute Gasteiger partial charge is 0.360 e. The monoisotopic (exact) mass is 148 g/mol. The highest BCUT2D eigenvalue weighted by Gasteiger charge is 2.00. The van der Waals surface area contributed by atoms with Gasteiger partial charge >= 0.3 is 0 Å². The number of aromatic amines is 1. The van der Waals surface area contributed by atoms with E-state index in [1.807, 2.05) is 31.6 Å². The summed E-state index contributed by atoms with van der Waals surface area (Å²) in [5.74, 6) is 0. The van der Waals surface area contributed by atoms with Gasteiger partial charge in [0.15, 0.2) is 0 Å². The lowest BCUT2D eigenvalue weighted by Crippen LogP contribution is -1.85. The molecule has 0 saturated heterocycles. The molecule has 0 radical (unpaired) electrons. The number of H-pyrrole nitrogens is 1. The van der Waals surface area contributed by atoms with E-state index in [0.717, 1.165) is 11.4 Å². The van der Waals surface area contributed by atoms with Gasteiger partial charge in [-0.05, 0) is 12.1 Å². The van der Waals surface area contributed by atoms with Gasteiger partial charge in [-0.15, -0.1) is 5.10 Å². The van der Waals surface area contributed by atoms with E-state index in [1.54, 1.807) is 4.68 Å². The van der Waals surface area contributed by atoms with Crippen LogP contribution in [0.3, 0.4) is 0 Å². The van der Waals surface area contributed by atoms with Gasteiger partial charge in [0.1, 0.15) is 5.69 Å². The second kappa shape index (κ2) is 2.23. The molecule has 0 aromatic carbocycles. The van der Waals surface area contributed by atoms with Crippen LogP contribution >= 0.6 is 0 Å². The van der Waals surface area contributed by atoms with Crippen LogP contribution in [-0.2, 0) is 7.05 Å². The Bertz CT molecular complexity index is 333. The van der Waals surface area contributed by atoms with Gasteiger partial charge in [0.2, 0.25) is 0 Å². The zero-order valence-corrected chi connectivity index (χ0v) is 6.15. The summed E-state index contributed by atoms with van der Waals surface area (Å²) in [5.41, 5.74) is 1.87. The minimum absolute atomic E-state index is 0.873. The highest BCUT2D eigenvalue weighted by molar-refractivity contribution is 5.51. The van der Waals surface area contributed by atoms with Crippen LogP contribution in [0, 0.1) is 0 Å². The first-order chi connectivity index (χ1) is 5.36. The Labute approximate surface area is 63.9 Å². The van der Waals surface area contributed by atoms with Crippen molar-refractivity contribution < 1.29 is 0 Å². The van der Waals surface area contributed by atoms with E-state index in [-0.39, 0.29) is 0 Å². The van der Waals surface area contributed by atoms with E-state index in [2.05, 4.69) is 15.3 Å². The Hall–Kier alpha value is -1.58. The topological polar surface area (TPSA) is 46.5 Å². The maximum Gasteiger partial charge on any atom is 0.129 e. The third kappa shape index (κ3) is 1.02. The molecule has 0 atom stereocenters. The van der Waals surface area contributed by atoms with Gasteiger partial charge in [0.05, 0.1) is 11.9 Å². The van der Waals surface area contributed by atoms with Gasteiger partial charge < -0.3 is 4.98 Å². The number of aryl methyl sites for hydroxylation is 1. The van der Waals surface area contributed by atoms with E-state index in [0.29, 0.717) is 0 Å². The Morgan fingerprint density at radius 2 is 2.45 bits per heavy atom.